The number of hydrogen-bond donors (Lipinski definition) is 2. The van der Waals surface area contributed by atoms with Crippen LogP contribution in [0.1, 0.15) is 29.8 Å². The summed E-state index contributed by atoms with van der Waals surface area (Å²) in [7, 11) is -3.68. The Bertz CT molecular complexity index is 857. The molecule has 0 aliphatic carbocycles. The molecule has 134 valence electrons. The van der Waals surface area contributed by atoms with Crippen LogP contribution < -0.4 is 5.32 Å². The fourth-order valence-corrected chi connectivity index (χ4v) is 3.87. The van der Waals surface area contributed by atoms with E-state index in [1.54, 1.807) is 38.1 Å². The van der Waals surface area contributed by atoms with E-state index < -0.39 is 15.9 Å². The van der Waals surface area contributed by atoms with Crippen LogP contribution in [0.25, 0.3) is 0 Å². The van der Waals surface area contributed by atoms with Gasteiger partial charge in [0.25, 0.3) is 5.91 Å². The number of benzene rings is 2. The van der Waals surface area contributed by atoms with E-state index in [0.29, 0.717) is 18.7 Å². The molecule has 2 aromatic carbocycles. The van der Waals surface area contributed by atoms with Crippen molar-refractivity contribution in [3.63, 3.8) is 0 Å². The molecule has 2 N–H and O–H groups in total. The highest BCUT2D eigenvalue weighted by Gasteiger charge is 2.23. The van der Waals surface area contributed by atoms with E-state index in [1.807, 2.05) is 6.92 Å². The average Bonchev–Trinajstić information content (AvgIpc) is 2.58. The number of hydrogen-bond acceptors (Lipinski definition) is 4. The Kier molecular flexibility index (Phi) is 5.81. The van der Waals surface area contributed by atoms with E-state index >= 15 is 0 Å². The molecule has 0 aromatic heterocycles. The first-order valence-electron chi connectivity index (χ1n) is 8.00. The molecule has 0 saturated carbocycles. The van der Waals surface area contributed by atoms with Crippen molar-refractivity contribution in [2.75, 3.05) is 18.4 Å². The van der Waals surface area contributed by atoms with Crippen LogP contribution >= 0.6 is 0 Å². The van der Waals surface area contributed by atoms with Crippen LogP contribution in [0.5, 0.6) is 5.75 Å². The minimum atomic E-state index is -3.68. The number of anilines is 1. The third kappa shape index (κ3) is 4.18. The van der Waals surface area contributed by atoms with E-state index in [0.717, 1.165) is 5.56 Å². The van der Waals surface area contributed by atoms with Crippen molar-refractivity contribution in [1.82, 2.24) is 4.31 Å². The number of sulfonamides is 1. The minimum absolute atomic E-state index is 0.0215. The maximum Gasteiger partial charge on any atom is 0.255 e. The Labute approximate surface area is 148 Å². The van der Waals surface area contributed by atoms with Gasteiger partial charge in [-0.2, -0.15) is 4.31 Å². The molecule has 0 aliphatic rings. The Morgan fingerprint density at radius 2 is 1.68 bits per heavy atom. The van der Waals surface area contributed by atoms with E-state index in [4.69, 9.17) is 0 Å². The maximum atomic E-state index is 12.6. The molecule has 0 bridgehead atoms. The van der Waals surface area contributed by atoms with Crippen LogP contribution in [0.15, 0.2) is 47.4 Å². The highest BCUT2D eigenvalue weighted by atomic mass is 32.2. The third-order valence-electron chi connectivity index (χ3n) is 3.87. The first-order valence-corrected chi connectivity index (χ1v) is 9.44. The molecular formula is C18H22N2O4S. The number of nitrogens with zero attached hydrogens (tertiary/aromatic N) is 1. The van der Waals surface area contributed by atoms with Crippen LogP contribution in [0.3, 0.4) is 0 Å². The van der Waals surface area contributed by atoms with E-state index in [2.05, 4.69) is 5.32 Å². The summed E-state index contributed by atoms with van der Waals surface area (Å²) in [6.07, 6.45) is 0. The fourth-order valence-electron chi connectivity index (χ4n) is 2.39. The molecule has 7 heteroatoms. The maximum absolute atomic E-state index is 12.6. The van der Waals surface area contributed by atoms with Crippen molar-refractivity contribution in [1.29, 1.82) is 0 Å². The Morgan fingerprint density at radius 3 is 2.24 bits per heavy atom. The van der Waals surface area contributed by atoms with Crippen LogP contribution in [-0.4, -0.2) is 36.8 Å². The van der Waals surface area contributed by atoms with Crippen molar-refractivity contribution < 1.29 is 18.3 Å². The Balaban J connectivity index is 2.33. The van der Waals surface area contributed by atoms with E-state index in [-0.39, 0.29) is 16.3 Å². The number of carbonyl (C=O) groups excluding carboxylic acids is 1. The lowest BCUT2D eigenvalue weighted by atomic mass is 10.1. The molecule has 6 nitrogen and oxygen atoms in total. The van der Waals surface area contributed by atoms with E-state index in [1.165, 1.54) is 22.5 Å². The van der Waals surface area contributed by atoms with Gasteiger partial charge < -0.3 is 10.4 Å². The number of aryl methyl sites for hydroxylation is 1. The van der Waals surface area contributed by atoms with Gasteiger partial charge in [0, 0.05) is 18.7 Å². The van der Waals surface area contributed by atoms with Gasteiger partial charge in [-0.05, 0) is 37.3 Å². The topological polar surface area (TPSA) is 86.7 Å². The standard InChI is InChI=1S/C18H22N2O4S/c1-4-20(5-2)25(23,24)15-10-11-17(21)16(12-15)19-18(22)14-8-6-13(3)7-9-14/h6-12,21H,4-5H2,1-3H3,(H,19,22). The lowest BCUT2D eigenvalue weighted by Gasteiger charge is -2.19. The molecule has 25 heavy (non-hydrogen) atoms. The van der Waals surface area contributed by atoms with Gasteiger partial charge in [-0.15, -0.1) is 0 Å². The zero-order valence-electron chi connectivity index (χ0n) is 14.5. The molecule has 0 saturated heterocycles. The monoisotopic (exact) mass is 362 g/mol. The van der Waals surface area contributed by atoms with E-state index in [9.17, 15) is 18.3 Å². The highest BCUT2D eigenvalue weighted by Crippen LogP contribution is 2.28. The molecule has 2 rings (SSSR count). The third-order valence-corrected chi connectivity index (χ3v) is 5.92. The van der Waals surface area contributed by atoms with Crippen LogP contribution in [0.4, 0.5) is 5.69 Å². The summed E-state index contributed by atoms with van der Waals surface area (Å²) in [6, 6.07) is 10.8. The number of phenols is 1. The smallest absolute Gasteiger partial charge is 0.255 e. The van der Waals surface area contributed by atoms with Gasteiger partial charge in [-0.1, -0.05) is 31.5 Å². The molecular weight excluding hydrogens is 340 g/mol. The number of phenolic OH excluding ortho intramolecular Hbond substituents is 1. The van der Waals surface area contributed by atoms with Crippen molar-refractivity contribution in [3.8, 4) is 5.75 Å². The molecule has 2 aromatic rings. The molecule has 0 heterocycles. The second-order valence-corrected chi connectivity index (χ2v) is 7.53. The van der Waals surface area contributed by atoms with Crippen molar-refractivity contribution in [2.24, 2.45) is 0 Å². The summed E-state index contributed by atoms with van der Waals surface area (Å²) < 4.78 is 26.5. The first kappa shape index (κ1) is 19.0. The lowest BCUT2D eigenvalue weighted by Crippen LogP contribution is -2.30. The molecule has 0 fully saturated rings. The normalized spacial score (nSPS) is 11.5. The SMILES string of the molecule is CCN(CC)S(=O)(=O)c1ccc(O)c(NC(=O)c2ccc(C)cc2)c1. The summed E-state index contributed by atoms with van der Waals surface area (Å²) in [5, 5.41) is 12.5. The zero-order valence-corrected chi connectivity index (χ0v) is 15.3. The predicted octanol–water partition coefficient (Wildman–Crippen LogP) is 2.98. The minimum Gasteiger partial charge on any atom is -0.506 e. The average molecular weight is 362 g/mol. The molecule has 0 atom stereocenters. The van der Waals surface area contributed by atoms with Crippen molar-refractivity contribution in [3.05, 3.63) is 53.6 Å². The van der Waals surface area contributed by atoms with Gasteiger partial charge in [0.15, 0.2) is 0 Å². The predicted molar refractivity (Wildman–Crippen MR) is 97.3 cm³/mol. The second kappa shape index (κ2) is 7.67. The highest BCUT2D eigenvalue weighted by molar-refractivity contribution is 7.89. The Morgan fingerprint density at radius 1 is 1.08 bits per heavy atom. The summed E-state index contributed by atoms with van der Waals surface area (Å²) >= 11 is 0. The largest absolute Gasteiger partial charge is 0.506 e. The van der Waals surface area contributed by atoms with Gasteiger partial charge in [0.2, 0.25) is 10.0 Å². The zero-order chi connectivity index (χ0) is 18.6. The number of rotatable bonds is 6. The van der Waals surface area contributed by atoms with Gasteiger partial charge >= 0.3 is 0 Å². The number of nitrogens with one attached hydrogen (secondary N) is 1. The number of amides is 1. The molecule has 1 amide bonds. The summed E-state index contributed by atoms with van der Waals surface area (Å²) in [5.74, 6) is -0.619. The Hall–Kier alpha value is -2.38. The molecule has 0 aliphatic heterocycles. The first-order chi connectivity index (χ1) is 11.8. The number of aromatic hydroxyl groups is 1. The molecule has 0 radical (unpaired) electrons. The summed E-state index contributed by atoms with van der Waals surface area (Å²) in [4.78, 5) is 12.3. The van der Waals surface area contributed by atoms with Gasteiger partial charge in [0.1, 0.15) is 5.75 Å². The van der Waals surface area contributed by atoms with Crippen LogP contribution in [0.2, 0.25) is 0 Å². The van der Waals surface area contributed by atoms with Crippen molar-refractivity contribution in [2.45, 2.75) is 25.7 Å². The number of carbonyl (C=O) groups is 1. The van der Waals surface area contributed by atoms with Crippen molar-refractivity contribution >= 4 is 21.6 Å². The quantitative estimate of drug-likeness (QED) is 0.774. The van der Waals surface area contributed by atoms with Crippen LogP contribution in [0, 0.1) is 6.92 Å². The van der Waals surface area contributed by atoms with Gasteiger partial charge in [0.05, 0.1) is 10.6 Å². The van der Waals surface area contributed by atoms with Crippen LogP contribution in [-0.2, 0) is 10.0 Å². The second-order valence-electron chi connectivity index (χ2n) is 5.59. The molecule has 0 spiro atoms. The van der Waals surface area contributed by atoms with Gasteiger partial charge in [-0.3, -0.25) is 4.79 Å². The van der Waals surface area contributed by atoms with Gasteiger partial charge in [-0.25, -0.2) is 8.42 Å². The molecule has 0 unspecified atom stereocenters. The lowest BCUT2D eigenvalue weighted by molar-refractivity contribution is 0.102. The fraction of sp³-hybridized carbons (Fsp3) is 0.278. The summed E-state index contributed by atoms with van der Waals surface area (Å²) in [6.45, 7) is 6.09. The summed E-state index contributed by atoms with van der Waals surface area (Å²) in [5.41, 5.74) is 1.49.